The van der Waals surface area contributed by atoms with Crippen LogP contribution in [0.2, 0.25) is 0 Å². The Morgan fingerprint density at radius 3 is 2.80 bits per heavy atom. The number of imidazole rings is 1. The van der Waals surface area contributed by atoms with Crippen LogP contribution in [-0.2, 0) is 0 Å². The number of likely N-dealkylation sites (N-methyl/N-ethyl adjacent to an activating group) is 1. The summed E-state index contributed by atoms with van der Waals surface area (Å²) in [7, 11) is 2.17. The normalized spacial score (nSPS) is 18.7. The largest absolute Gasteiger partial charge is 0.353 e. The highest BCUT2D eigenvalue weighted by atomic mass is 32.1. The van der Waals surface area contributed by atoms with Crippen molar-refractivity contribution in [3.63, 3.8) is 0 Å². The van der Waals surface area contributed by atoms with Crippen LogP contribution in [0.3, 0.4) is 0 Å². The van der Waals surface area contributed by atoms with Crippen LogP contribution in [0.5, 0.6) is 0 Å². The van der Waals surface area contributed by atoms with Crippen molar-refractivity contribution in [1.82, 2.24) is 28.9 Å². The molecule has 5 heterocycles. The molecule has 1 saturated carbocycles. The molecule has 6 rings (SSSR count). The second kappa shape index (κ2) is 6.08. The number of fused-ring (bicyclic) bond motifs is 2. The summed E-state index contributed by atoms with van der Waals surface area (Å²) in [5.74, 6) is 0.273. The van der Waals surface area contributed by atoms with Gasteiger partial charge in [-0.25, -0.2) is 14.4 Å². The topological polar surface area (TPSA) is 71.0 Å². The summed E-state index contributed by atoms with van der Waals surface area (Å²) in [6.45, 7) is 4.51. The summed E-state index contributed by atoms with van der Waals surface area (Å²) in [6, 6.07) is 2.96. The first-order valence-corrected chi connectivity index (χ1v) is 10.8. The Hall–Kier alpha value is -2.85. The van der Waals surface area contributed by atoms with Gasteiger partial charge < -0.3 is 9.30 Å². The van der Waals surface area contributed by atoms with Gasteiger partial charge in [0.1, 0.15) is 10.8 Å². The van der Waals surface area contributed by atoms with Crippen LogP contribution in [0, 0.1) is 12.7 Å². The molecule has 0 N–H and O–H groups in total. The van der Waals surface area contributed by atoms with Gasteiger partial charge in [-0.3, -0.25) is 9.69 Å². The molecule has 8 nitrogen and oxygen atoms in total. The smallest absolute Gasteiger partial charge is 0.277 e. The van der Waals surface area contributed by atoms with Gasteiger partial charge >= 0.3 is 0 Å². The van der Waals surface area contributed by atoms with Gasteiger partial charge in [-0.2, -0.15) is 9.61 Å². The predicted molar refractivity (Wildman–Crippen MR) is 113 cm³/mol. The summed E-state index contributed by atoms with van der Waals surface area (Å²) in [5, 5.41) is 4.95. The van der Waals surface area contributed by atoms with Crippen molar-refractivity contribution < 1.29 is 4.39 Å². The molecule has 0 atom stereocenters. The van der Waals surface area contributed by atoms with Crippen LogP contribution in [0.1, 0.15) is 18.5 Å². The van der Waals surface area contributed by atoms with E-state index in [0.29, 0.717) is 21.3 Å². The second-order valence-corrected chi connectivity index (χ2v) is 9.27. The van der Waals surface area contributed by atoms with E-state index in [0.717, 1.165) is 25.3 Å². The van der Waals surface area contributed by atoms with Crippen molar-refractivity contribution in [2.45, 2.75) is 25.3 Å². The van der Waals surface area contributed by atoms with Crippen molar-refractivity contribution in [1.29, 1.82) is 0 Å². The fraction of sp³-hybridized carbons (Fsp3) is 0.400. The minimum Gasteiger partial charge on any atom is -0.353 e. The predicted octanol–water partition coefficient (Wildman–Crippen LogP) is 2.20. The SMILES string of the molecule is Cc1cn2cc(-c3nn4c(=O)cc(N5CCN(C)C6(CC6)C5)nc4s3)cc(F)c2n1. The van der Waals surface area contributed by atoms with Gasteiger partial charge in [0.15, 0.2) is 11.5 Å². The molecule has 4 aromatic rings. The van der Waals surface area contributed by atoms with Crippen molar-refractivity contribution in [3.8, 4) is 10.6 Å². The number of pyridine rings is 1. The molecule has 0 bridgehead atoms. The number of anilines is 1. The fourth-order valence-electron chi connectivity index (χ4n) is 4.32. The van der Waals surface area contributed by atoms with Gasteiger partial charge in [-0.05, 0) is 32.9 Å². The Morgan fingerprint density at radius 1 is 1.17 bits per heavy atom. The van der Waals surface area contributed by atoms with E-state index in [1.807, 2.05) is 6.92 Å². The number of hydrogen-bond donors (Lipinski definition) is 0. The molecular formula is C20H20FN7OS. The van der Waals surface area contributed by atoms with E-state index in [1.165, 1.54) is 34.8 Å². The molecule has 1 aliphatic carbocycles. The zero-order chi connectivity index (χ0) is 20.6. The molecule has 1 spiro atoms. The minimum absolute atomic E-state index is 0.221. The van der Waals surface area contributed by atoms with Crippen LogP contribution in [0.15, 0.2) is 29.3 Å². The molecule has 10 heteroatoms. The van der Waals surface area contributed by atoms with E-state index in [9.17, 15) is 9.18 Å². The summed E-state index contributed by atoms with van der Waals surface area (Å²) >= 11 is 1.29. The molecule has 30 heavy (non-hydrogen) atoms. The third-order valence-electron chi connectivity index (χ3n) is 6.26. The molecule has 1 saturated heterocycles. The Kier molecular flexibility index (Phi) is 3.64. The molecule has 0 amide bonds. The van der Waals surface area contributed by atoms with Crippen molar-refractivity contribution >= 4 is 27.8 Å². The third kappa shape index (κ3) is 2.67. The van der Waals surface area contributed by atoms with Gasteiger partial charge in [0.2, 0.25) is 4.96 Å². The molecular weight excluding hydrogens is 405 g/mol. The first-order chi connectivity index (χ1) is 14.4. The van der Waals surface area contributed by atoms with Gasteiger partial charge in [0, 0.05) is 49.2 Å². The quantitative estimate of drug-likeness (QED) is 0.490. The zero-order valence-corrected chi connectivity index (χ0v) is 17.5. The Labute approximate surface area is 175 Å². The number of aromatic nitrogens is 5. The maximum absolute atomic E-state index is 14.5. The molecule has 1 aliphatic heterocycles. The first-order valence-electron chi connectivity index (χ1n) is 9.94. The Morgan fingerprint density at radius 2 is 2.00 bits per heavy atom. The average Bonchev–Trinajstić information content (AvgIpc) is 3.16. The second-order valence-electron chi connectivity index (χ2n) is 8.31. The standard InChI is InChI=1S/C20H20FN7OS/c1-12-9-27-10-13(7-14(21)17(27)22-12)18-24-28-16(29)8-15(23-19(28)30-18)26-6-5-25(2)20(11-26)3-4-20/h7-10H,3-6,11H2,1-2H3. The van der Waals surface area contributed by atoms with E-state index in [1.54, 1.807) is 22.9 Å². The van der Waals surface area contributed by atoms with Crippen molar-refractivity contribution in [3.05, 3.63) is 46.4 Å². The maximum atomic E-state index is 14.5. The summed E-state index contributed by atoms with van der Waals surface area (Å²) in [6.07, 6.45) is 5.92. The highest BCUT2D eigenvalue weighted by Gasteiger charge is 2.49. The fourth-order valence-corrected chi connectivity index (χ4v) is 5.20. The lowest BCUT2D eigenvalue weighted by atomic mass is 10.1. The molecule has 154 valence electrons. The molecule has 0 radical (unpaired) electrons. The molecule has 2 aliphatic rings. The van der Waals surface area contributed by atoms with Gasteiger partial charge in [-0.15, -0.1) is 0 Å². The Balaban J connectivity index is 1.41. The van der Waals surface area contributed by atoms with E-state index < -0.39 is 5.82 Å². The average molecular weight is 425 g/mol. The van der Waals surface area contributed by atoms with Gasteiger partial charge in [-0.1, -0.05) is 11.3 Å². The molecule has 4 aromatic heterocycles. The minimum atomic E-state index is -0.423. The number of halogens is 1. The number of rotatable bonds is 2. The summed E-state index contributed by atoms with van der Waals surface area (Å²) < 4.78 is 17.4. The highest BCUT2D eigenvalue weighted by molar-refractivity contribution is 7.19. The summed E-state index contributed by atoms with van der Waals surface area (Å²) in [5.41, 5.74) is 1.61. The van der Waals surface area contributed by atoms with E-state index >= 15 is 0 Å². The monoisotopic (exact) mass is 425 g/mol. The van der Waals surface area contributed by atoms with Gasteiger partial charge in [0.25, 0.3) is 5.56 Å². The van der Waals surface area contributed by atoms with Crippen LogP contribution in [0.4, 0.5) is 10.2 Å². The highest BCUT2D eigenvalue weighted by Crippen LogP contribution is 2.43. The molecule has 0 unspecified atom stereocenters. The maximum Gasteiger partial charge on any atom is 0.277 e. The first kappa shape index (κ1) is 18.0. The summed E-state index contributed by atoms with van der Waals surface area (Å²) in [4.78, 5) is 26.8. The van der Waals surface area contributed by atoms with Crippen LogP contribution in [0.25, 0.3) is 21.2 Å². The van der Waals surface area contributed by atoms with Crippen molar-refractivity contribution in [2.75, 3.05) is 31.6 Å². The number of piperazine rings is 1. The van der Waals surface area contributed by atoms with E-state index in [4.69, 9.17) is 4.98 Å². The van der Waals surface area contributed by atoms with Crippen molar-refractivity contribution in [2.24, 2.45) is 0 Å². The number of hydrogen-bond acceptors (Lipinski definition) is 7. The lowest BCUT2D eigenvalue weighted by molar-refractivity contribution is 0.198. The third-order valence-corrected chi connectivity index (χ3v) is 7.21. The van der Waals surface area contributed by atoms with Crippen LogP contribution < -0.4 is 10.5 Å². The van der Waals surface area contributed by atoms with Gasteiger partial charge in [0.05, 0.1) is 5.69 Å². The molecule has 2 fully saturated rings. The van der Waals surface area contributed by atoms with Crippen LogP contribution in [-0.4, -0.2) is 61.1 Å². The number of aryl methyl sites for hydroxylation is 1. The van der Waals surface area contributed by atoms with Crippen LogP contribution >= 0.6 is 11.3 Å². The lowest BCUT2D eigenvalue weighted by Crippen LogP contribution is -2.53. The molecule has 0 aromatic carbocycles. The zero-order valence-electron chi connectivity index (χ0n) is 16.7. The Bertz CT molecular complexity index is 1370. The lowest BCUT2D eigenvalue weighted by Gasteiger charge is -2.40. The van der Waals surface area contributed by atoms with E-state index in [2.05, 4.69) is 26.9 Å². The van der Waals surface area contributed by atoms with E-state index in [-0.39, 0.29) is 16.7 Å². The number of nitrogens with zero attached hydrogens (tertiary/aromatic N) is 7.